The van der Waals surface area contributed by atoms with E-state index in [-0.39, 0.29) is 5.88 Å². The molecule has 0 aromatic heterocycles. The first-order valence-electron chi connectivity index (χ1n) is 5.82. The van der Waals surface area contributed by atoms with Crippen molar-refractivity contribution in [2.45, 2.75) is 20.0 Å². The molecular weight excluding hydrogens is 238 g/mol. The fourth-order valence-electron chi connectivity index (χ4n) is 1.22. The number of aliphatic hydroxyl groups is 1. The standard InChI is InChI=1S/C13H20ClNO2/c1-10(2)9-17-13-5-3-11(4-6-13)15-8-12(16)7-14/h3-6,10,12,15-16H,7-9H2,1-2H3. The predicted molar refractivity (Wildman–Crippen MR) is 72.0 cm³/mol. The largest absolute Gasteiger partial charge is 0.493 e. The molecule has 1 unspecified atom stereocenters. The van der Waals surface area contributed by atoms with Crippen LogP contribution in [0.2, 0.25) is 0 Å². The molecule has 0 heterocycles. The van der Waals surface area contributed by atoms with Gasteiger partial charge >= 0.3 is 0 Å². The lowest BCUT2D eigenvalue weighted by Gasteiger charge is -2.11. The van der Waals surface area contributed by atoms with E-state index in [1.165, 1.54) is 0 Å². The van der Waals surface area contributed by atoms with Crippen LogP contribution in [-0.2, 0) is 0 Å². The normalized spacial score (nSPS) is 12.5. The molecule has 17 heavy (non-hydrogen) atoms. The molecule has 0 amide bonds. The Bertz CT molecular complexity index is 314. The highest BCUT2D eigenvalue weighted by Gasteiger charge is 2.01. The van der Waals surface area contributed by atoms with Crippen molar-refractivity contribution in [3.8, 4) is 5.75 Å². The van der Waals surface area contributed by atoms with Gasteiger partial charge in [0.05, 0.1) is 18.6 Å². The monoisotopic (exact) mass is 257 g/mol. The number of benzene rings is 1. The van der Waals surface area contributed by atoms with Gasteiger partial charge in [0.2, 0.25) is 0 Å². The van der Waals surface area contributed by atoms with Crippen molar-refractivity contribution in [1.82, 2.24) is 0 Å². The minimum atomic E-state index is -0.520. The summed E-state index contributed by atoms with van der Waals surface area (Å²) in [6, 6.07) is 7.68. The van der Waals surface area contributed by atoms with E-state index in [1.807, 2.05) is 24.3 Å². The average molecular weight is 258 g/mol. The van der Waals surface area contributed by atoms with Crippen molar-refractivity contribution in [1.29, 1.82) is 0 Å². The molecule has 96 valence electrons. The van der Waals surface area contributed by atoms with Crippen LogP contribution in [-0.4, -0.2) is 30.2 Å². The van der Waals surface area contributed by atoms with Crippen LogP contribution in [0.5, 0.6) is 5.75 Å². The summed E-state index contributed by atoms with van der Waals surface area (Å²) in [7, 11) is 0. The molecule has 0 saturated heterocycles. The zero-order valence-corrected chi connectivity index (χ0v) is 11.1. The second kappa shape index (κ2) is 7.41. The number of hydrogen-bond acceptors (Lipinski definition) is 3. The van der Waals surface area contributed by atoms with Gasteiger partial charge in [0, 0.05) is 12.2 Å². The first-order chi connectivity index (χ1) is 8.11. The molecule has 0 radical (unpaired) electrons. The molecule has 0 saturated carbocycles. The molecule has 0 aliphatic rings. The highest BCUT2D eigenvalue weighted by atomic mass is 35.5. The number of rotatable bonds is 7. The fourth-order valence-corrected chi connectivity index (χ4v) is 1.33. The Morgan fingerprint density at radius 2 is 1.94 bits per heavy atom. The van der Waals surface area contributed by atoms with Gasteiger partial charge in [-0.1, -0.05) is 13.8 Å². The maximum Gasteiger partial charge on any atom is 0.119 e. The van der Waals surface area contributed by atoms with Gasteiger partial charge in [-0.15, -0.1) is 11.6 Å². The van der Waals surface area contributed by atoms with E-state index in [4.69, 9.17) is 16.3 Å². The summed E-state index contributed by atoms with van der Waals surface area (Å²) in [5.41, 5.74) is 0.950. The highest BCUT2D eigenvalue weighted by Crippen LogP contribution is 2.16. The zero-order valence-electron chi connectivity index (χ0n) is 10.3. The molecule has 4 heteroatoms. The van der Waals surface area contributed by atoms with Gasteiger partial charge in [-0.05, 0) is 30.2 Å². The molecule has 0 bridgehead atoms. The molecule has 0 aliphatic carbocycles. The molecule has 1 atom stereocenters. The van der Waals surface area contributed by atoms with Gasteiger partial charge in [-0.25, -0.2) is 0 Å². The number of halogens is 1. The molecule has 0 spiro atoms. The zero-order chi connectivity index (χ0) is 12.7. The van der Waals surface area contributed by atoms with Crippen molar-refractivity contribution >= 4 is 17.3 Å². The third-order valence-electron chi connectivity index (χ3n) is 2.16. The summed E-state index contributed by atoms with van der Waals surface area (Å²) in [6.07, 6.45) is -0.520. The van der Waals surface area contributed by atoms with E-state index in [1.54, 1.807) is 0 Å². The summed E-state index contributed by atoms with van der Waals surface area (Å²) in [5, 5.41) is 12.4. The van der Waals surface area contributed by atoms with E-state index in [2.05, 4.69) is 19.2 Å². The number of alkyl halides is 1. The third-order valence-corrected chi connectivity index (χ3v) is 2.51. The van der Waals surface area contributed by atoms with Gasteiger partial charge in [0.1, 0.15) is 5.75 Å². The SMILES string of the molecule is CC(C)COc1ccc(NCC(O)CCl)cc1. The Kier molecular flexibility index (Phi) is 6.16. The highest BCUT2D eigenvalue weighted by molar-refractivity contribution is 6.18. The fraction of sp³-hybridized carbons (Fsp3) is 0.538. The summed E-state index contributed by atoms with van der Waals surface area (Å²) >= 11 is 5.50. The maximum absolute atomic E-state index is 9.30. The Labute approximate surface area is 108 Å². The quantitative estimate of drug-likeness (QED) is 0.738. The van der Waals surface area contributed by atoms with E-state index in [9.17, 15) is 5.11 Å². The molecule has 1 aromatic carbocycles. The van der Waals surface area contributed by atoms with E-state index < -0.39 is 6.10 Å². The van der Waals surface area contributed by atoms with Gasteiger partial charge in [0.25, 0.3) is 0 Å². The van der Waals surface area contributed by atoms with Crippen LogP contribution in [0.15, 0.2) is 24.3 Å². The van der Waals surface area contributed by atoms with E-state index >= 15 is 0 Å². The van der Waals surface area contributed by atoms with Crippen LogP contribution >= 0.6 is 11.6 Å². The van der Waals surface area contributed by atoms with Crippen LogP contribution in [0.25, 0.3) is 0 Å². The lowest BCUT2D eigenvalue weighted by atomic mass is 10.2. The molecule has 0 fully saturated rings. The Hall–Kier alpha value is -0.930. The first-order valence-corrected chi connectivity index (χ1v) is 6.36. The first kappa shape index (κ1) is 14.1. The number of ether oxygens (including phenoxy) is 1. The second-order valence-corrected chi connectivity index (χ2v) is 4.73. The van der Waals surface area contributed by atoms with Gasteiger partial charge in [-0.2, -0.15) is 0 Å². The number of nitrogens with one attached hydrogen (secondary N) is 1. The molecule has 0 aliphatic heterocycles. The summed E-state index contributed by atoms with van der Waals surface area (Å²) in [6.45, 7) is 5.40. The Morgan fingerprint density at radius 1 is 1.29 bits per heavy atom. The second-order valence-electron chi connectivity index (χ2n) is 4.42. The van der Waals surface area contributed by atoms with Crippen molar-refractivity contribution in [2.75, 3.05) is 24.3 Å². The summed E-state index contributed by atoms with van der Waals surface area (Å²) < 4.78 is 5.57. The van der Waals surface area contributed by atoms with Crippen molar-refractivity contribution in [2.24, 2.45) is 5.92 Å². The van der Waals surface area contributed by atoms with Crippen LogP contribution in [0.3, 0.4) is 0 Å². The number of anilines is 1. The molecule has 1 aromatic rings. The van der Waals surface area contributed by atoms with Crippen LogP contribution < -0.4 is 10.1 Å². The lowest BCUT2D eigenvalue weighted by Crippen LogP contribution is -2.20. The topological polar surface area (TPSA) is 41.5 Å². The molecule has 2 N–H and O–H groups in total. The summed E-state index contributed by atoms with van der Waals surface area (Å²) in [4.78, 5) is 0. The van der Waals surface area contributed by atoms with Gasteiger partial charge in [0.15, 0.2) is 0 Å². The molecule has 3 nitrogen and oxygen atoms in total. The van der Waals surface area contributed by atoms with Crippen molar-refractivity contribution in [3.05, 3.63) is 24.3 Å². The van der Waals surface area contributed by atoms with Crippen LogP contribution in [0, 0.1) is 5.92 Å². The van der Waals surface area contributed by atoms with Gasteiger partial charge in [-0.3, -0.25) is 0 Å². The van der Waals surface area contributed by atoms with Crippen molar-refractivity contribution < 1.29 is 9.84 Å². The minimum Gasteiger partial charge on any atom is -0.493 e. The molecule has 1 rings (SSSR count). The third kappa shape index (κ3) is 5.80. The van der Waals surface area contributed by atoms with E-state index in [0.29, 0.717) is 12.5 Å². The Balaban J connectivity index is 2.39. The minimum absolute atomic E-state index is 0.239. The number of aliphatic hydroxyl groups excluding tert-OH is 1. The molecular formula is C13H20ClNO2. The maximum atomic E-state index is 9.30. The predicted octanol–water partition coefficient (Wildman–Crippen LogP) is 2.73. The average Bonchev–Trinajstić information content (AvgIpc) is 2.34. The van der Waals surface area contributed by atoms with Crippen LogP contribution in [0.1, 0.15) is 13.8 Å². The van der Waals surface area contributed by atoms with Crippen molar-refractivity contribution in [3.63, 3.8) is 0 Å². The Morgan fingerprint density at radius 3 is 2.47 bits per heavy atom. The summed E-state index contributed by atoms with van der Waals surface area (Å²) in [5.74, 6) is 1.62. The van der Waals surface area contributed by atoms with Gasteiger partial charge < -0.3 is 15.2 Å². The number of hydrogen-bond donors (Lipinski definition) is 2. The van der Waals surface area contributed by atoms with E-state index in [0.717, 1.165) is 18.0 Å². The lowest BCUT2D eigenvalue weighted by molar-refractivity contribution is 0.211. The smallest absolute Gasteiger partial charge is 0.119 e. The van der Waals surface area contributed by atoms with Crippen LogP contribution in [0.4, 0.5) is 5.69 Å².